The number of para-hydroxylation sites is 1. The van der Waals surface area contributed by atoms with E-state index in [2.05, 4.69) is 5.32 Å². The summed E-state index contributed by atoms with van der Waals surface area (Å²) in [6, 6.07) is 17.2. The number of hydrogen-bond acceptors (Lipinski definition) is 4. The van der Waals surface area contributed by atoms with Crippen LogP contribution in [0.2, 0.25) is 0 Å². The van der Waals surface area contributed by atoms with Crippen molar-refractivity contribution in [3.05, 3.63) is 99.5 Å². The summed E-state index contributed by atoms with van der Waals surface area (Å²) in [6.45, 7) is 2.35. The minimum Gasteiger partial charge on any atom is -0.465 e. The molecule has 0 aliphatic carbocycles. The van der Waals surface area contributed by atoms with E-state index in [0.717, 1.165) is 11.1 Å². The van der Waals surface area contributed by atoms with Crippen LogP contribution in [0.1, 0.15) is 31.8 Å². The van der Waals surface area contributed by atoms with Crippen molar-refractivity contribution in [3.63, 3.8) is 0 Å². The third-order valence-electron chi connectivity index (χ3n) is 4.30. The number of nitrogens with one attached hydrogen (secondary N) is 1. The molecule has 1 heterocycles. The van der Waals surface area contributed by atoms with E-state index in [9.17, 15) is 14.4 Å². The summed E-state index contributed by atoms with van der Waals surface area (Å²) in [5, 5.41) is 2.70. The van der Waals surface area contributed by atoms with E-state index in [1.54, 1.807) is 24.3 Å². The summed E-state index contributed by atoms with van der Waals surface area (Å²) in [6.07, 6.45) is 1.51. The molecule has 2 aromatic carbocycles. The highest BCUT2D eigenvalue weighted by molar-refractivity contribution is 6.07. The first-order valence-electron chi connectivity index (χ1n) is 8.72. The van der Waals surface area contributed by atoms with Gasteiger partial charge in [0.25, 0.3) is 11.5 Å². The molecule has 1 aromatic heterocycles. The molecule has 0 aliphatic heterocycles. The lowest BCUT2D eigenvalue weighted by Gasteiger charge is -2.11. The van der Waals surface area contributed by atoms with Gasteiger partial charge in [0.2, 0.25) is 0 Å². The molecule has 6 nitrogen and oxygen atoms in total. The number of benzene rings is 2. The maximum atomic E-state index is 12.7. The van der Waals surface area contributed by atoms with Crippen LogP contribution in [0.15, 0.2) is 71.7 Å². The number of anilines is 1. The molecule has 28 heavy (non-hydrogen) atoms. The van der Waals surface area contributed by atoms with Gasteiger partial charge in [-0.3, -0.25) is 9.59 Å². The molecule has 0 aliphatic rings. The molecule has 142 valence electrons. The molecular formula is C22H20N2O4. The molecule has 6 heteroatoms. The number of esters is 1. The first-order valence-corrected chi connectivity index (χ1v) is 8.72. The van der Waals surface area contributed by atoms with Crippen molar-refractivity contribution in [1.29, 1.82) is 0 Å². The molecular weight excluding hydrogens is 356 g/mol. The fourth-order valence-corrected chi connectivity index (χ4v) is 2.75. The molecule has 0 bridgehead atoms. The van der Waals surface area contributed by atoms with Gasteiger partial charge < -0.3 is 14.6 Å². The predicted octanol–water partition coefficient (Wildman–Crippen LogP) is 3.24. The van der Waals surface area contributed by atoms with E-state index in [1.807, 2.05) is 31.2 Å². The van der Waals surface area contributed by atoms with Crippen molar-refractivity contribution < 1.29 is 14.3 Å². The number of amides is 1. The Balaban J connectivity index is 1.84. The normalized spacial score (nSPS) is 10.4. The van der Waals surface area contributed by atoms with E-state index >= 15 is 0 Å². The predicted molar refractivity (Wildman–Crippen MR) is 107 cm³/mol. The van der Waals surface area contributed by atoms with E-state index in [-0.39, 0.29) is 11.1 Å². The Bertz CT molecular complexity index is 1070. The van der Waals surface area contributed by atoms with Gasteiger partial charge in [0.1, 0.15) is 0 Å². The maximum absolute atomic E-state index is 12.7. The van der Waals surface area contributed by atoms with Crippen molar-refractivity contribution in [2.24, 2.45) is 0 Å². The van der Waals surface area contributed by atoms with E-state index in [0.29, 0.717) is 17.8 Å². The number of aromatic nitrogens is 1. The second kappa shape index (κ2) is 8.35. The monoisotopic (exact) mass is 376 g/mol. The van der Waals surface area contributed by atoms with Crippen molar-refractivity contribution in [3.8, 4) is 0 Å². The second-order valence-electron chi connectivity index (χ2n) is 6.36. The fourth-order valence-electron chi connectivity index (χ4n) is 2.75. The zero-order chi connectivity index (χ0) is 20.1. The Morgan fingerprint density at radius 1 is 1.00 bits per heavy atom. The van der Waals surface area contributed by atoms with Crippen LogP contribution in [0, 0.1) is 6.92 Å². The lowest BCUT2D eigenvalue weighted by atomic mass is 10.1. The molecule has 3 rings (SSSR count). The zero-order valence-electron chi connectivity index (χ0n) is 15.6. The van der Waals surface area contributed by atoms with Crippen molar-refractivity contribution in [1.82, 2.24) is 4.57 Å². The third kappa shape index (κ3) is 4.35. The minimum absolute atomic E-state index is 0.202. The number of carbonyl (C=O) groups excluding carboxylic acids is 2. The Labute approximate surface area is 162 Å². The number of carbonyl (C=O) groups is 2. The summed E-state index contributed by atoms with van der Waals surface area (Å²) in [5.74, 6) is -0.964. The highest BCUT2D eigenvalue weighted by Gasteiger charge is 2.15. The number of aryl methyl sites for hydroxylation is 1. The van der Waals surface area contributed by atoms with Crippen LogP contribution >= 0.6 is 0 Å². The summed E-state index contributed by atoms with van der Waals surface area (Å²) >= 11 is 0. The third-order valence-corrected chi connectivity index (χ3v) is 4.30. The molecule has 1 amide bonds. The van der Waals surface area contributed by atoms with E-state index in [1.165, 1.54) is 30.0 Å². The minimum atomic E-state index is -0.541. The highest BCUT2D eigenvalue weighted by atomic mass is 16.5. The maximum Gasteiger partial charge on any atom is 0.339 e. The van der Waals surface area contributed by atoms with Gasteiger partial charge in [-0.2, -0.15) is 0 Å². The Hall–Kier alpha value is -3.67. The van der Waals surface area contributed by atoms with Crippen LogP contribution in [0.4, 0.5) is 5.69 Å². The molecule has 0 atom stereocenters. The summed E-state index contributed by atoms with van der Waals surface area (Å²) in [5.41, 5.74) is 2.80. The van der Waals surface area contributed by atoms with Crippen LogP contribution in [-0.4, -0.2) is 23.6 Å². The van der Waals surface area contributed by atoms with Crippen LogP contribution in [-0.2, 0) is 11.3 Å². The number of rotatable bonds is 5. The van der Waals surface area contributed by atoms with Gasteiger partial charge >= 0.3 is 5.97 Å². The van der Waals surface area contributed by atoms with Crippen LogP contribution in [0.3, 0.4) is 0 Å². The number of nitrogens with zero attached hydrogens (tertiary/aromatic N) is 1. The molecule has 0 saturated heterocycles. The first kappa shape index (κ1) is 19.1. The van der Waals surface area contributed by atoms with E-state index < -0.39 is 11.9 Å². The van der Waals surface area contributed by atoms with Gasteiger partial charge in [0, 0.05) is 12.3 Å². The Morgan fingerprint density at radius 2 is 1.71 bits per heavy atom. The average molecular weight is 376 g/mol. The van der Waals surface area contributed by atoms with Gasteiger partial charge in [0.05, 0.1) is 30.5 Å². The van der Waals surface area contributed by atoms with Gasteiger partial charge in [-0.1, -0.05) is 42.0 Å². The Morgan fingerprint density at radius 3 is 2.43 bits per heavy atom. The fraction of sp³-hybridized carbons (Fsp3) is 0.136. The van der Waals surface area contributed by atoms with Gasteiger partial charge in [-0.25, -0.2) is 4.79 Å². The van der Waals surface area contributed by atoms with Crippen LogP contribution in [0.5, 0.6) is 0 Å². The number of hydrogen-bond donors (Lipinski definition) is 1. The molecule has 0 spiro atoms. The number of pyridine rings is 1. The van der Waals surface area contributed by atoms with Gasteiger partial charge in [-0.15, -0.1) is 0 Å². The van der Waals surface area contributed by atoms with Gasteiger partial charge in [-0.05, 0) is 30.7 Å². The molecule has 0 fully saturated rings. The largest absolute Gasteiger partial charge is 0.465 e. The smallest absolute Gasteiger partial charge is 0.339 e. The average Bonchev–Trinajstić information content (AvgIpc) is 2.71. The summed E-state index contributed by atoms with van der Waals surface area (Å²) < 4.78 is 6.22. The van der Waals surface area contributed by atoms with Crippen molar-refractivity contribution >= 4 is 17.6 Å². The van der Waals surface area contributed by atoms with Crippen molar-refractivity contribution in [2.45, 2.75) is 13.5 Å². The zero-order valence-corrected chi connectivity index (χ0v) is 15.6. The molecule has 0 unspecified atom stereocenters. The number of ether oxygens (including phenoxy) is 1. The van der Waals surface area contributed by atoms with Crippen LogP contribution in [0.25, 0.3) is 0 Å². The summed E-state index contributed by atoms with van der Waals surface area (Å²) in [4.78, 5) is 36.7. The molecule has 1 N–H and O–H groups in total. The molecule has 3 aromatic rings. The molecule has 0 radical (unpaired) electrons. The lowest BCUT2D eigenvalue weighted by Crippen LogP contribution is -2.23. The second-order valence-corrected chi connectivity index (χ2v) is 6.36. The highest BCUT2D eigenvalue weighted by Crippen LogP contribution is 2.17. The number of methoxy groups -OCH3 is 1. The topological polar surface area (TPSA) is 77.4 Å². The Kier molecular flexibility index (Phi) is 5.69. The first-order chi connectivity index (χ1) is 13.5. The van der Waals surface area contributed by atoms with Crippen LogP contribution < -0.4 is 10.9 Å². The van der Waals surface area contributed by atoms with Crippen molar-refractivity contribution in [2.75, 3.05) is 12.4 Å². The summed E-state index contributed by atoms with van der Waals surface area (Å²) in [7, 11) is 1.28. The standard InChI is InChI=1S/C22H20N2O4/c1-15-7-9-16(10-8-15)13-24-14-17(11-12-20(24)25)21(26)23-19-6-4-3-5-18(19)22(27)28-2/h3-12,14H,13H2,1-2H3,(H,23,26). The van der Waals surface area contributed by atoms with E-state index in [4.69, 9.17) is 4.74 Å². The lowest BCUT2D eigenvalue weighted by molar-refractivity contribution is 0.0602. The quantitative estimate of drug-likeness (QED) is 0.694. The van der Waals surface area contributed by atoms with Gasteiger partial charge in [0.15, 0.2) is 0 Å². The molecule has 0 saturated carbocycles. The SMILES string of the molecule is COC(=O)c1ccccc1NC(=O)c1ccc(=O)n(Cc2ccc(C)cc2)c1.